The van der Waals surface area contributed by atoms with Crippen LogP contribution in [-0.4, -0.2) is 10.7 Å². The van der Waals surface area contributed by atoms with Gasteiger partial charge in [0.2, 0.25) is 0 Å². The van der Waals surface area contributed by atoms with E-state index in [1.165, 1.54) is 30.4 Å². The van der Waals surface area contributed by atoms with Gasteiger partial charge in [0.15, 0.2) is 0 Å². The van der Waals surface area contributed by atoms with Crippen LogP contribution in [0.3, 0.4) is 0 Å². The molecule has 1 aromatic carbocycles. The van der Waals surface area contributed by atoms with E-state index < -0.39 is 5.60 Å². The lowest BCUT2D eigenvalue weighted by atomic mass is 9.81. The fourth-order valence-corrected chi connectivity index (χ4v) is 3.45. The van der Waals surface area contributed by atoms with Gasteiger partial charge in [-0.1, -0.05) is 69.0 Å². The largest absolute Gasteiger partial charge is 0.390 e. The number of hydrogen-bond acceptors (Lipinski definition) is 1. The molecule has 0 atom stereocenters. The van der Waals surface area contributed by atoms with Crippen molar-refractivity contribution in [2.45, 2.75) is 85.2 Å². The molecular weight excluding hydrogens is 324 g/mol. The summed E-state index contributed by atoms with van der Waals surface area (Å²) in [6, 6.07) is 6.51. The molecule has 0 aliphatic heterocycles. The van der Waals surface area contributed by atoms with Gasteiger partial charge in [0, 0.05) is 4.47 Å². The molecule has 1 nitrogen and oxygen atoms in total. The summed E-state index contributed by atoms with van der Waals surface area (Å²) in [5, 5.41) is 10.5. The highest BCUT2D eigenvalue weighted by Gasteiger charge is 2.28. The van der Waals surface area contributed by atoms with Crippen LogP contribution in [0.1, 0.15) is 77.3 Å². The molecule has 0 unspecified atom stereocenters. The van der Waals surface area contributed by atoms with E-state index in [1.807, 2.05) is 27.7 Å². The lowest BCUT2D eigenvalue weighted by Gasteiger charge is -2.32. The van der Waals surface area contributed by atoms with Crippen molar-refractivity contribution >= 4 is 15.9 Å². The monoisotopic (exact) mass is 356 g/mol. The van der Waals surface area contributed by atoms with Gasteiger partial charge in [0.25, 0.3) is 0 Å². The normalized spacial score (nSPS) is 16.1. The minimum Gasteiger partial charge on any atom is -0.390 e. The maximum atomic E-state index is 10.5. The van der Waals surface area contributed by atoms with Gasteiger partial charge < -0.3 is 5.11 Å². The molecule has 1 aliphatic rings. The zero-order valence-corrected chi connectivity index (χ0v) is 16.1. The minimum absolute atomic E-state index is 0.394. The Morgan fingerprint density at radius 2 is 1.57 bits per heavy atom. The highest BCUT2D eigenvalue weighted by atomic mass is 79.9. The quantitative estimate of drug-likeness (QED) is 0.660. The molecule has 0 amide bonds. The standard InChI is InChI=1S/C15H21BrO.2C2H6/c1-12-9-13(11-14(16)10-12)5-8-15(17)6-3-2-4-7-15;2*1-2/h9-11,17H,2-8H2,1H3;2*1-2H3. The molecule has 21 heavy (non-hydrogen) atoms. The highest BCUT2D eigenvalue weighted by molar-refractivity contribution is 9.10. The summed E-state index contributed by atoms with van der Waals surface area (Å²) in [7, 11) is 0. The molecule has 0 aromatic heterocycles. The zero-order chi connectivity index (χ0) is 16.3. The summed E-state index contributed by atoms with van der Waals surface area (Å²) in [5.41, 5.74) is 2.22. The number of aliphatic hydroxyl groups is 1. The Labute approximate surface area is 140 Å². The SMILES string of the molecule is CC.CC.Cc1cc(Br)cc(CCC2(O)CCCCC2)c1. The third-order valence-electron chi connectivity index (χ3n) is 3.77. The molecule has 1 saturated carbocycles. The van der Waals surface area contributed by atoms with Crippen molar-refractivity contribution in [2.24, 2.45) is 0 Å². The van der Waals surface area contributed by atoms with Crippen molar-refractivity contribution < 1.29 is 5.11 Å². The number of rotatable bonds is 3. The Kier molecular flexibility index (Phi) is 11.1. The minimum atomic E-state index is -0.394. The first-order valence-electron chi connectivity index (χ1n) is 8.56. The van der Waals surface area contributed by atoms with Gasteiger partial charge in [-0.15, -0.1) is 0 Å². The van der Waals surface area contributed by atoms with Crippen molar-refractivity contribution in [1.29, 1.82) is 0 Å². The Morgan fingerprint density at radius 3 is 2.10 bits per heavy atom. The van der Waals surface area contributed by atoms with E-state index in [-0.39, 0.29) is 0 Å². The molecule has 0 bridgehead atoms. The highest BCUT2D eigenvalue weighted by Crippen LogP contribution is 2.32. The summed E-state index contributed by atoms with van der Waals surface area (Å²) >= 11 is 3.53. The lowest BCUT2D eigenvalue weighted by Crippen LogP contribution is -2.31. The van der Waals surface area contributed by atoms with Crippen LogP contribution in [0.5, 0.6) is 0 Å². The number of hydrogen-bond donors (Lipinski definition) is 1. The molecular formula is C19H33BrO. The van der Waals surface area contributed by atoms with E-state index in [4.69, 9.17) is 0 Å². The first kappa shape index (κ1) is 20.7. The van der Waals surface area contributed by atoms with Crippen LogP contribution in [0.15, 0.2) is 22.7 Å². The number of benzene rings is 1. The second-order valence-electron chi connectivity index (χ2n) is 5.42. The van der Waals surface area contributed by atoms with Crippen molar-refractivity contribution in [3.05, 3.63) is 33.8 Å². The Hall–Kier alpha value is -0.340. The average molecular weight is 357 g/mol. The van der Waals surface area contributed by atoms with Crippen molar-refractivity contribution in [1.82, 2.24) is 0 Å². The van der Waals surface area contributed by atoms with Crippen LogP contribution in [-0.2, 0) is 6.42 Å². The first-order chi connectivity index (χ1) is 10.1. The Morgan fingerprint density at radius 1 is 1.00 bits per heavy atom. The van der Waals surface area contributed by atoms with E-state index in [0.29, 0.717) is 0 Å². The van der Waals surface area contributed by atoms with Crippen molar-refractivity contribution in [2.75, 3.05) is 0 Å². The van der Waals surface area contributed by atoms with Gasteiger partial charge in [-0.3, -0.25) is 0 Å². The lowest BCUT2D eigenvalue weighted by molar-refractivity contribution is -0.00342. The van der Waals surface area contributed by atoms with Gasteiger partial charge in [-0.25, -0.2) is 0 Å². The van der Waals surface area contributed by atoms with Gasteiger partial charge >= 0.3 is 0 Å². The summed E-state index contributed by atoms with van der Waals surface area (Å²) in [5.74, 6) is 0. The van der Waals surface area contributed by atoms with Gasteiger partial charge in [-0.2, -0.15) is 0 Å². The molecule has 0 spiro atoms. The third-order valence-corrected chi connectivity index (χ3v) is 4.22. The van der Waals surface area contributed by atoms with Gasteiger partial charge in [-0.05, 0) is 55.9 Å². The predicted octanol–water partition coefficient (Wildman–Crippen LogP) is 6.44. The van der Waals surface area contributed by atoms with Crippen LogP contribution in [0.25, 0.3) is 0 Å². The molecule has 1 aliphatic carbocycles. The van der Waals surface area contributed by atoms with Crippen LogP contribution < -0.4 is 0 Å². The summed E-state index contributed by atoms with van der Waals surface area (Å²) in [6.07, 6.45) is 7.53. The molecule has 1 aromatic rings. The predicted molar refractivity (Wildman–Crippen MR) is 97.9 cm³/mol. The number of halogens is 1. The summed E-state index contributed by atoms with van der Waals surface area (Å²) < 4.78 is 1.14. The fraction of sp³-hybridized carbons (Fsp3) is 0.684. The zero-order valence-electron chi connectivity index (χ0n) is 14.5. The molecule has 0 radical (unpaired) electrons. The molecule has 2 heteroatoms. The summed E-state index contributed by atoms with van der Waals surface area (Å²) in [6.45, 7) is 10.1. The molecule has 0 heterocycles. The van der Waals surface area contributed by atoms with E-state index in [9.17, 15) is 5.11 Å². The summed E-state index contributed by atoms with van der Waals surface area (Å²) in [4.78, 5) is 0. The van der Waals surface area contributed by atoms with Crippen molar-refractivity contribution in [3.63, 3.8) is 0 Å². The first-order valence-corrected chi connectivity index (χ1v) is 9.35. The molecule has 122 valence electrons. The van der Waals surface area contributed by atoms with E-state index in [1.54, 1.807) is 0 Å². The fourth-order valence-electron chi connectivity index (χ4n) is 2.79. The Balaban J connectivity index is 0.000000921. The van der Waals surface area contributed by atoms with E-state index in [0.717, 1.165) is 30.2 Å². The maximum absolute atomic E-state index is 10.5. The van der Waals surface area contributed by atoms with E-state index in [2.05, 4.69) is 41.1 Å². The number of aryl methyl sites for hydroxylation is 2. The van der Waals surface area contributed by atoms with Crippen LogP contribution in [0, 0.1) is 6.92 Å². The van der Waals surface area contributed by atoms with Gasteiger partial charge in [0.05, 0.1) is 5.60 Å². The molecule has 2 rings (SSSR count). The second kappa shape index (κ2) is 11.3. The molecule has 0 saturated heterocycles. The maximum Gasteiger partial charge on any atom is 0.0651 e. The van der Waals surface area contributed by atoms with Crippen molar-refractivity contribution in [3.8, 4) is 0 Å². The van der Waals surface area contributed by atoms with Gasteiger partial charge in [0.1, 0.15) is 0 Å². The topological polar surface area (TPSA) is 20.2 Å². The van der Waals surface area contributed by atoms with E-state index >= 15 is 0 Å². The smallest absolute Gasteiger partial charge is 0.0651 e. The molecule has 1 fully saturated rings. The third kappa shape index (κ3) is 8.01. The van der Waals surface area contributed by atoms with Crippen LogP contribution in [0.2, 0.25) is 0 Å². The Bertz CT molecular complexity index is 361. The van der Waals surface area contributed by atoms with Crippen LogP contribution >= 0.6 is 15.9 Å². The average Bonchev–Trinajstić information content (AvgIpc) is 2.49. The molecule has 1 N–H and O–H groups in total. The second-order valence-corrected chi connectivity index (χ2v) is 6.34. The van der Waals surface area contributed by atoms with Crippen LogP contribution in [0.4, 0.5) is 0 Å².